The topological polar surface area (TPSA) is 237 Å². The second kappa shape index (κ2) is 16.3. The molecule has 1 amide bonds. The summed E-state index contributed by atoms with van der Waals surface area (Å²) in [6, 6.07) is 10.1. The molecule has 0 bridgehead atoms. The molecule has 4 aromatic rings. The Bertz CT molecular complexity index is 2290. The van der Waals surface area contributed by atoms with E-state index >= 15 is 0 Å². The van der Waals surface area contributed by atoms with Crippen molar-refractivity contribution < 1.29 is 75.0 Å². The van der Waals surface area contributed by atoms with Crippen molar-refractivity contribution >= 4 is 27.7 Å². The first kappa shape index (κ1) is 38.8. The Morgan fingerprint density at radius 1 is 0.877 bits per heavy atom. The molecule has 21 heteroatoms. The van der Waals surface area contributed by atoms with Crippen LogP contribution in [0.2, 0.25) is 0 Å². The molecule has 57 heavy (non-hydrogen) atoms. The number of hydrogen-bond donors (Lipinski definition) is 1. The number of hydrogen-bond acceptors (Lipinski definition) is 18. The van der Waals surface area contributed by atoms with Gasteiger partial charge in [0.2, 0.25) is 31.0 Å². The van der Waals surface area contributed by atoms with Crippen LogP contribution in [0.4, 0.5) is 0 Å². The molecule has 3 aliphatic rings. The molecular weight excluding hydrogens is 776 g/mol. The van der Waals surface area contributed by atoms with Crippen LogP contribution in [0.5, 0.6) is 40.4 Å². The lowest BCUT2D eigenvalue weighted by Gasteiger charge is -2.31. The number of ether oxygens (including phenoxy) is 9. The van der Waals surface area contributed by atoms with Gasteiger partial charge in [-0.1, -0.05) is 18.2 Å². The Balaban J connectivity index is 0.989. The molecule has 0 spiro atoms. The molecule has 3 aromatic carbocycles. The maximum atomic E-state index is 14.1. The van der Waals surface area contributed by atoms with Crippen molar-refractivity contribution in [2.24, 2.45) is 0 Å². The number of amides is 1. The van der Waals surface area contributed by atoms with Crippen LogP contribution in [-0.4, -0.2) is 110 Å². The van der Waals surface area contributed by atoms with Crippen molar-refractivity contribution in [3.05, 3.63) is 58.8 Å². The summed E-state index contributed by atoms with van der Waals surface area (Å²) in [6.45, 7) is 0.220. The third-order valence-corrected chi connectivity index (χ3v) is 11.0. The second-order valence-corrected chi connectivity index (χ2v) is 14.4. The summed E-state index contributed by atoms with van der Waals surface area (Å²) in [7, 11) is -0.269. The maximum absolute atomic E-state index is 14.1. The average molecular weight is 813 g/mol. The highest BCUT2D eigenvalue weighted by molar-refractivity contribution is 7.91. The van der Waals surface area contributed by atoms with Gasteiger partial charge in [-0.3, -0.25) is 14.3 Å². The Kier molecular flexibility index (Phi) is 11.1. The summed E-state index contributed by atoms with van der Waals surface area (Å²) in [5.41, 5.74) is 0.281. The minimum Gasteiger partial charge on any atom is -0.493 e. The van der Waals surface area contributed by atoms with Crippen molar-refractivity contribution in [2.45, 2.75) is 28.9 Å². The van der Waals surface area contributed by atoms with Crippen molar-refractivity contribution in [1.82, 2.24) is 15.4 Å². The fourth-order valence-corrected chi connectivity index (χ4v) is 7.84. The van der Waals surface area contributed by atoms with Crippen LogP contribution < -0.4 is 43.4 Å². The number of fused-ring (bicyclic) bond motifs is 2. The smallest absolute Gasteiger partial charge is 0.415 e. The molecule has 1 fully saturated rings. The van der Waals surface area contributed by atoms with Crippen LogP contribution in [-0.2, 0) is 24.1 Å². The fourth-order valence-electron chi connectivity index (χ4n) is 6.55. The van der Waals surface area contributed by atoms with Crippen molar-refractivity contribution in [3.63, 3.8) is 0 Å². The van der Waals surface area contributed by atoms with Crippen molar-refractivity contribution in [2.75, 3.05) is 67.7 Å². The first-order chi connectivity index (χ1) is 27.5. The number of nitrogens with one attached hydrogen (secondary N) is 1. The Labute approximate surface area is 324 Å². The van der Waals surface area contributed by atoms with Gasteiger partial charge in [0.15, 0.2) is 23.0 Å². The molecule has 0 saturated carbocycles. The lowest BCUT2D eigenvalue weighted by atomic mass is 9.91. The molecule has 4 heterocycles. The molecule has 0 aliphatic carbocycles. The second-order valence-electron chi connectivity index (χ2n) is 12.6. The van der Waals surface area contributed by atoms with E-state index in [1.807, 2.05) is 4.90 Å². The van der Waals surface area contributed by atoms with E-state index in [0.717, 1.165) is 0 Å². The molecule has 1 N–H and O–H groups in total. The van der Waals surface area contributed by atoms with Crippen LogP contribution in [0.3, 0.4) is 0 Å². The molecule has 3 aliphatic heterocycles. The number of nitrogens with zero attached hydrogens (tertiary/aromatic N) is 3. The zero-order valence-electron chi connectivity index (χ0n) is 30.8. The number of likely N-dealkylation sites (tertiary alicyclic amines) is 1. The summed E-state index contributed by atoms with van der Waals surface area (Å²) in [4.78, 5) is 41.5. The van der Waals surface area contributed by atoms with Crippen LogP contribution >= 0.6 is 0 Å². The van der Waals surface area contributed by atoms with Crippen molar-refractivity contribution in [1.29, 1.82) is 0 Å². The van der Waals surface area contributed by atoms with Gasteiger partial charge < -0.3 is 53.2 Å². The number of carbonyl (C=O) groups excluding carboxylic acids is 3. The lowest BCUT2D eigenvalue weighted by molar-refractivity contribution is -0.832. The number of carbonyl (C=O) groups is 3. The Morgan fingerprint density at radius 3 is 2.04 bits per heavy atom. The van der Waals surface area contributed by atoms with Gasteiger partial charge in [-0.2, -0.15) is 0 Å². The minimum absolute atomic E-state index is 0.00293. The molecule has 7 rings (SSSR count). The van der Waals surface area contributed by atoms with E-state index in [1.54, 1.807) is 6.07 Å². The zero-order valence-corrected chi connectivity index (χ0v) is 31.6. The van der Waals surface area contributed by atoms with Crippen LogP contribution in [0.1, 0.15) is 33.6 Å². The molecule has 1 saturated heterocycles. The average Bonchev–Trinajstić information content (AvgIpc) is 4.00. The molecule has 302 valence electrons. The van der Waals surface area contributed by atoms with E-state index in [1.165, 1.54) is 57.7 Å². The first-order valence-corrected chi connectivity index (χ1v) is 18.9. The largest absolute Gasteiger partial charge is 0.493 e. The number of rotatable bonds is 14. The highest BCUT2D eigenvalue weighted by atomic mass is 32.2. The zero-order chi connectivity index (χ0) is 40.3. The van der Waals surface area contributed by atoms with E-state index in [9.17, 15) is 28.0 Å². The SMILES string of the molecule is COC(=O)c1cc(OC)c2c(c1-c1c(C(=O)OC3CCN(CC(=O)NCCOc4no[n+]([O-])c4S(=O)(=O)c4ccccc4)CC3)cc(OC)c3c1OCO3)OCO2. The van der Waals surface area contributed by atoms with Gasteiger partial charge in [0.1, 0.15) is 12.7 Å². The number of sulfone groups is 1. The summed E-state index contributed by atoms with van der Waals surface area (Å²) in [5, 5.41) is 17.4. The van der Waals surface area contributed by atoms with E-state index in [4.69, 9.17) is 42.6 Å². The lowest BCUT2D eigenvalue weighted by Crippen LogP contribution is -2.44. The van der Waals surface area contributed by atoms with Gasteiger partial charge in [-0.05, 0) is 42.0 Å². The summed E-state index contributed by atoms with van der Waals surface area (Å²) >= 11 is 0. The third kappa shape index (κ3) is 7.57. The first-order valence-electron chi connectivity index (χ1n) is 17.4. The van der Waals surface area contributed by atoms with Crippen LogP contribution in [0.15, 0.2) is 57.0 Å². The molecular formula is C36H36N4O16S. The molecule has 1 aromatic heterocycles. The number of methoxy groups -OCH3 is 3. The van der Waals surface area contributed by atoms with Crippen LogP contribution in [0.25, 0.3) is 11.1 Å². The molecule has 0 unspecified atom stereocenters. The molecule has 0 radical (unpaired) electrons. The standard InChI is InChI=1S/C36H36N4O16S/c1-47-24-15-22(35(42)49-3)27(31-29(24)51-18-53-31)28-23(16-25(48-2)30-32(28)54-19-52-30)36(43)55-20-9-12-39(13-10-20)17-26(41)37-11-14-50-33-34(40(44)56-38-33)57(45,46)21-7-5-4-6-8-21/h4-8,15-16,20H,9-14,17-19H2,1-3H3,(H,37,41). The maximum Gasteiger partial charge on any atom is 0.415 e. The summed E-state index contributed by atoms with van der Waals surface area (Å²) < 4.78 is 80.8. The molecule has 20 nitrogen and oxygen atoms in total. The minimum atomic E-state index is -4.29. The number of esters is 2. The third-order valence-electron chi connectivity index (χ3n) is 9.23. The van der Waals surface area contributed by atoms with Gasteiger partial charge in [0.25, 0.3) is 9.84 Å². The monoisotopic (exact) mass is 812 g/mol. The quantitative estimate of drug-likeness (QED) is 0.109. The van der Waals surface area contributed by atoms with Gasteiger partial charge in [-0.15, -0.1) is 0 Å². The predicted octanol–water partition coefficient (Wildman–Crippen LogP) is 1.89. The van der Waals surface area contributed by atoms with E-state index < -0.39 is 38.8 Å². The molecule has 0 atom stereocenters. The predicted molar refractivity (Wildman–Crippen MR) is 189 cm³/mol. The fraction of sp³-hybridized carbons (Fsp3) is 0.361. The van der Waals surface area contributed by atoms with Gasteiger partial charge in [-0.25, -0.2) is 18.0 Å². The van der Waals surface area contributed by atoms with E-state index in [-0.39, 0.29) is 106 Å². The number of piperidine rings is 1. The van der Waals surface area contributed by atoms with E-state index in [2.05, 4.69) is 15.1 Å². The van der Waals surface area contributed by atoms with E-state index in [0.29, 0.717) is 25.9 Å². The Hall–Kier alpha value is -6.48. The van der Waals surface area contributed by atoms with Crippen molar-refractivity contribution in [3.8, 4) is 51.5 Å². The number of benzene rings is 3. The van der Waals surface area contributed by atoms with Gasteiger partial charge in [0, 0.05) is 24.2 Å². The highest BCUT2D eigenvalue weighted by Crippen LogP contribution is 2.56. The van der Waals surface area contributed by atoms with Gasteiger partial charge >= 0.3 is 22.8 Å². The van der Waals surface area contributed by atoms with Crippen LogP contribution in [0, 0.1) is 5.21 Å². The summed E-state index contributed by atoms with van der Waals surface area (Å²) in [5.74, 6) is -1.31. The Morgan fingerprint density at radius 2 is 1.46 bits per heavy atom. The van der Waals surface area contributed by atoms with Gasteiger partial charge in [0.05, 0.1) is 55.6 Å². The summed E-state index contributed by atoms with van der Waals surface area (Å²) in [6.07, 6.45) is 0.242. The normalized spacial score (nSPS) is 14.9. The number of aromatic nitrogens is 2. The highest BCUT2D eigenvalue weighted by Gasteiger charge is 2.39.